The Morgan fingerprint density at radius 2 is 1.73 bits per heavy atom. The summed E-state index contributed by atoms with van der Waals surface area (Å²) in [7, 11) is 0. The maximum atomic E-state index is 5.60. The highest BCUT2D eigenvalue weighted by Gasteiger charge is 2.01. The Hall–Kier alpha value is -1.22. The summed E-state index contributed by atoms with van der Waals surface area (Å²) in [6, 6.07) is 7.75. The summed E-state index contributed by atoms with van der Waals surface area (Å²) in [5.74, 6) is 1.63. The third-order valence-electron chi connectivity index (χ3n) is 1.94. The lowest BCUT2D eigenvalue weighted by atomic mass is 10.3. The lowest BCUT2D eigenvalue weighted by Crippen LogP contribution is -2.20. The van der Waals surface area contributed by atoms with Crippen molar-refractivity contribution in [2.24, 2.45) is 0 Å². The molecule has 1 aromatic carbocycles. The van der Waals surface area contributed by atoms with E-state index in [-0.39, 0.29) is 0 Å². The molecule has 0 saturated heterocycles. The fraction of sp³-hybridized carbons (Fsp3) is 0.500. The fourth-order valence-electron chi connectivity index (χ4n) is 1.25. The number of para-hydroxylation sites is 2. The quantitative estimate of drug-likeness (QED) is 0.697. The molecule has 0 amide bonds. The van der Waals surface area contributed by atoms with Crippen molar-refractivity contribution in [2.45, 2.75) is 13.8 Å². The van der Waals surface area contributed by atoms with Gasteiger partial charge in [0, 0.05) is 6.54 Å². The molecule has 0 bridgehead atoms. The number of ether oxygens (including phenoxy) is 2. The first kappa shape index (κ1) is 11.9. The van der Waals surface area contributed by atoms with Gasteiger partial charge in [-0.05, 0) is 25.6 Å². The zero-order chi connectivity index (χ0) is 10.9. The zero-order valence-corrected chi connectivity index (χ0v) is 9.45. The average molecular weight is 209 g/mol. The van der Waals surface area contributed by atoms with Crippen LogP contribution in [0.1, 0.15) is 13.8 Å². The second kappa shape index (κ2) is 7.12. The molecular formula is C12H19NO2. The molecule has 3 nitrogen and oxygen atoms in total. The van der Waals surface area contributed by atoms with Gasteiger partial charge in [-0.3, -0.25) is 0 Å². The summed E-state index contributed by atoms with van der Waals surface area (Å²) in [5.41, 5.74) is 0. The third-order valence-corrected chi connectivity index (χ3v) is 1.94. The highest BCUT2D eigenvalue weighted by Crippen LogP contribution is 2.25. The van der Waals surface area contributed by atoms with Gasteiger partial charge in [0.25, 0.3) is 0 Å². The van der Waals surface area contributed by atoms with Gasteiger partial charge in [-0.25, -0.2) is 0 Å². The molecule has 3 heteroatoms. The van der Waals surface area contributed by atoms with Crippen molar-refractivity contribution in [1.82, 2.24) is 5.32 Å². The monoisotopic (exact) mass is 209 g/mol. The van der Waals surface area contributed by atoms with E-state index in [2.05, 4.69) is 12.2 Å². The van der Waals surface area contributed by atoms with Crippen LogP contribution in [0.3, 0.4) is 0 Å². The van der Waals surface area contributed by atoms with Crippen LogP contribution in [0.5, 0.6) is 11.5 Å². The van der Waals surface area contributed by atoms with E-state index in [4.69, 9.17) is 9.47 Å². The largest absolute Gasteiger partial charge is 0.490 e. The van der Waals surface area contributed by atoms with Crippen molar-refractivity contribution in [2.75, 3.05) is 26.3 Å². The van der Waals surface area contributed by atoms with Crippen molar-refractivity contribution < 1.29 is 9.47 Å². The van der Waals surface area contributed by atoms with E-state index < -0.39 is 0 Å². The smallest absolute Gasteiger partial charge is 0.161 e. The van der Waals surface area contributed by atoms with Crippen LogP contribution in [0, 0.1) is 0 Å². The third kappa shape index (κ3) is 4.21. The molecule has 0 atom stereocenters. The second-order valence-electron chi connectivity index (χ2n) is 3.08. The standard InChI is InChI=1S/C12H19NO2/c1-3-13-9-10-15-12-8-6-5-7-11(12)14-4-2/h5-8,13H,3-4,9-10H2,1-2H3. The highest BCUT2D eigenvalue weighted by molar-refractivity contribution is 5.39. The first-order valence-electron chi connectivity index (χ1n) is 5.43. The molecule has 84 valence electrons. The van der Waals surface area contributed by atoms with Crippen LogP contribution in [0.4, 0.5) is 0 Å². The molecule has 0 heterocycles. The van der Waals surface area contributed by atoms with Gasteiger partial charge in [-0.15, -0.1) is 0 Å². The predicted octanol–water partition coefficient (Wildman–Crippen LogP) is 2.07. The average Bonchev–Trinajstić information content (AvgIpc) is 2.27. The number of likely N-dealkylation sites (N-methyl/N-ethyl adjacent to an activating group) is 1. The van der Waals surface area contributed by atoms with E-state index in [0.717, 1.165) is 24.6 Å². The van der Waals surface area contributed by atoms with Gasteiger partial charge in [-0.2, -0.15) is 0 Å². The fourth-order valence-corrected chi connectivity index (χ4v) is 1.25. The molecule has 0 aromatic heterocycles. The molecule has 0 aliphatic rings. The van der Waals surface area contributed by atoms with Gasteiger partial charge in [0.2, 0.25) is 0 Å². The predicted molar refractivity (Wildman–Crippen MR) is 61.6 cm³/mol. The van der Waals surface area contributed by atoms with Crippen molar-refractivity contribution in [3.8, 4) is 11.5 Å². The first-order valence-corrected chi connectivity index (χ1v) is 5.43. The molecule has 1 N–H and O–H groups in total. The van der Waals surface area contributed by atoms with Gasteiger partial charge >= 0.3 is 0 Å². The number of hydrogen-bond acceptors (Lipinski definition) is 3. The Morgan fingerprint density at radius 3 is 2.33 bits per heavy atom. The minimum absolute atomic E-state index is 0.660. The van der Waals surface area contributed by atoms with E-state index in [9.17, 15) is 0 Å². The minimum Gasteiger partial charge on any atom is -0.490 e. The molecule has 0 fully saturated rings. The summed E-state index contributed by atoms with van der Waals surface area (Å²) >= 11 is 0. The lowest BCUT2D eigenvalue weighted by molar-refractivity contribution is 0.276. The van der Waals surface area contributed by atoms with Crippen LogP contribution >= 0.6 is 0 Å². The molecule has 1 rings (SSSR count). The molecular weight excluding hydrogens is 190 g/mol. The molecule has 0 aliphatic heterocycles. The maximum Gasteiger partial charge on any atom is 0.161 e. The van der Waals surface area contributed by atoms with Crippen LogP contribution in [-0.2, 0) is 0 Å². The lowest BCUT2D eigenvalue weighted by Gasteiger charge is -2.11. The first-order chi connectivity index (χ1) is 7.38. The van der Waals surface area contributed by atoms with E-state index in [0.29, 0.717) is 13.2 Å². The SMILES string of the molecule is CCNCCOc1ccccc1OCC. The van der Waals surface area contributed by atoms with Crippen LogP contribution in [0.15, 0.2) is 24.3 Å². The molecule has 0 spiro atoms. The van der Waals surface area contributed by atoms with E-state index in [1.807, 2.05) is 31.2 Å². The van der Waals surface area contributed by atoms with Gasteiger partial charge in [0.05, 0.1) is 6.61 Å². The van der Waals surface area contributed by atoms with E-state index >= 15 is 0 Å². The normalized spacial score (nSPS) is 10.0. The summed E-state index contributed by atoms with van der Waals surface area (Å²) in [5, 5.41) is 3.20. The van der Waals surface area contributed by atoms with Gasteiger partial charge in [0.15, 0.2) is 11.5 Å². The second-order valence-corrected chi connectivity index (χ2v) is 3.08. The molecule has 15 heavy (non-hydrogen) atoms. The van der Waals surface area contributed by atoms with Crippen LogP contribution in [0.2, 0.25) is 0 Å². The van der Waals surface area contributed by atoms with Crippen molar-refractivity contribution in [1.29, 1.82) is 0 Å². The summed E-state index contributed by atoms with van der Waals surface area (Å²) < 4.78 is 11.1. The van der Waals surface area contributed by atoms with Crippen molar-refractivity contribution in [3.05, 3.63) is 24.3 Å². The molecule has 0 radical (unpaired) electrons. The van der Waals surface area contributed by atoms with Gasteiger partial charge in [-0.1, -0.05) is 19.1 Å². The maximum absolute atomic E-state index is 5.60. The topological polar surface area (TPSA) is 30.5 Å². The molecule has 0 saturated carbocycles. The summed E-state index contributed by atoms with van der Waals surface area (Å²) in [6.45, 7) is 7.20. The summed E-state index contributed by atoms with van der Waals surface area (Å²) in [4.78, 5) is 0. The number of rotatable bonds is 7. The Balaban J connectivity index is 2.44. The highest BCUT2D eigenvalue weighted by atomic mass is 16.5. The van der Waals surface area contributed by atoms with Crippen LogP contribution in [0.25, 0.3) is 0 Å². The molecule has 0 unspecified atom stereocenters. The van der Waals surface area contributed by atoms with Crippen LogP contribution < -0.4 is 14.8 Å². The summed E-state index contributed by atoms with van der Waals surface area (Å²) in [6.07, 6.45) is 0. The Morgan fingerprint density at radius 1 is 1.07 bits per heavy atom. The minimum atomic E-state index is 0.660. The Kier molecular flexibility index (Phi) is 5.63. The number of nitrogens with one attached hydrogen (secondary N) is 1. The van der Waals surface area contributed by atoms with Crippen LogP contribution in [-0.4, -0.2) is 26.3 Å². The number of hydrogen-bond donors (Lipinski definition) is 1. The Labute approximate surface area is 91.4 Å². The Bertz CT molecular complexity index is 276. The van der Waals surface area contributed by atoms with E-state index in [1.165, 1.54) is 0 Å². The molecule has 1 aromatic rings. The van der Waals surface area contributed by atoms with Gasteiger partial charge < -0.3 is 14.8 Å². The van der Waals surface area contributed by atoms with E-state index in [1.54, 1.807) is 0 Å². The zero-order valence-electron chi connectivity index (χ0n) is 9.45. The van der Waals surface area contributed by atoms with Gasteiger partial charge in [0.1, 0.15) is 6.61 Å². The number of benzene rings is 1. The molecule has 0 aliphatic carbocycles. The van der Waals surface area contributed by atoms with Crippen molar-refractivity contribution >= 4 is 0 Å². The van der Waals surface area contributed by atoms with Crippen molar-refractivity contribution in [3.63, 3.8) is 0 Å².